The molecule has 0 radical (unpaired) electrons. The first-order valence-electron chi connectivity index (χ1n) is 11.8. The van der Waals surface area contributed by atoms with Crippen molar-refractivity contribution in [3.8, 4) is 34.7 Å². The zero-order valence-electron chi connectivity index (χ0n) is 20.0. The number of hydrogen-bond donors (Lipinski definition) is 1. The van der Waals surface area contributed by atoms with E-state index in [4.69, 9.17) is 17.1 Å². The molecule has 0 amide bonds. The number of rotatable bonds is 8. The van der Waals surface area contributed by atoms with E-state index < -0.39 is 0 Å². The molecule has 0 bridgehead atoms. The molecule has 0 fully saturated rings. The molecule has 34 heavy (non-hydrogen) atoms. The van der Waals surface area contributed by atoms with Crippen LogP contribution in [0.5, 0.6) is 0 Å². The van der Waals surface area contributed by atoms with E-state index in [1.165, 1.54) is 0 Å². The number of unbranched alkanes of at least 4 members (excludes halogenated alkanes) is 1. The van der Waals surface area contributed by atoms with E-state index in [0.29, 0.717) is 12.4 Å². The third-order valence-corrected chi connectivity index (χ3v) is 6.12. The van der Waals surface area contributed by atoms with Crippen LogP contribution in [0.3, 0.4) is 0 Å². The molecule has 0 unspecified atom stereocenters. The molecule has 3 aromatic carbocycles. The number of aromatic nitrogens is 1. The van der Waals surface area contributed by atoms with Crippen LogP contribution >= 0.6 is 0 Å². The van der Waals surface area contributed by atoms with E-state index in [-0.39, 0.29) is 0 Å². The van der Waals surface area contributed by atoms with Crippen molar-refractivity contribution in [1.82, 2.24) is 4.57 Å². The Balaban J connectivity index is 2.00. The summed E-state index contributed by atoms with van der Waals surface area (Å²) < 4.78 is 2.35. The zero-order chi connectivity index (χ0) is 23.9. The molecular weight excluding hydrogens is 414 g/mol. The summed E-state index contributed by atoms with van der Waals surface area (Å²) in [6.45, 7) is 5.72. The summed E-state index contributed by atoms with van der Waals surface area (Å²) in [6, 6.07) is 29.2. The largest absolute Gasteiger partial charge is 0.383 e. The Hall–Kier alpha value is -4.03. The summed E-state index contributed by atoms with van der Waals surface area (Å²) in [6.07, 6.45) is 7.78. The Kier molecular flexibility index (Phi) is 7.30. The van der Waals surface area contributed by atoms with Crippen LogP contribution in [0, 0.1) is 19.3 Å². The van der Waals surface area contributed by atoms with Gasteiger partial charge in [-0.05, 0) is 42.2 Å². The van der Waals surface area contributed by atoms with Gasteiger partial charge in [-0.3, -0.25) is 4.99 Å². The van der Waals surface area contributed by atoms with Gasteiger partial charge in [-0.25, -0.2) is 0 Å². The van der Waals surface area contributed by atoms with Crippen LogP contribution in [0.1, 0.15) is 42.1 Å². The average Bonchev–Trinajstić information content (AvgIpc) is 3.17. The van der Waals surface area contributed by atoms with Gasteiger partial charge in [-0.1, -0.05) is 92.1 Å². The molecule has 0 spiro atoms. The Bertz CT molecular complexity index is 1320. The van der Waals surface area contributed by atoms with E-state index in [9.17, 15) is 0 Å². The number of aliphatic imine (C=N–C) groups is 1. The molecule has 0 aliphatic heterocycles. The van der Waals surface area contributed by atoms with Crippen LogP contribution < -0.4 is 5.73 Å². The molecule has 4 rings (SSSR count). The van der Waals surface area contributed by atoms with Crippen molar-refractivity contribution >= 4 is 5.84 Å². The van der Waals surface area contributed by atoms with Crippen LogP contribution in [-0.4, -0.2) is 16.9 Å². The van der Waals surface area contributed by atoms with E-state index in [0.717, 1.165) is 64.2 Å². The summed E-state index contributed by atoms with van der Waals surface area (Å²) in [7, 11) is 0. The van der Waals surface area contributed by atoms with Crippen molar-refractivity contribution in [2.75, 3.05) is 6.54 Å². The molecule has 1 aromatic heterocycles. The van der Waals surface area contributed by atoms with E-state index >= 15 is 0 Å². The van der Waals surface area contributed by atoms with E-state index in [2.05, 4.69) is 85.0 Å². The monoisotopic (exact) mass is 445 g/mol. The molecule has 170 valence electrons. The minimum Gasteiger partial charge on any atom is -0.383 e. The SMILES string of the molecule is C#Cc1cccc(Cn2c(C)c(C(N)=NCCCC)c(-c3ccccc3)c2-c2ccccc2)c1. The summed E-state index contributed by atoms with van der Waals surface area (Å²) in [4.78, 5) is 4.77. The second-order valence-corrected chi connectivity index (χ2v) is 8.47. The van der Waals surface area contributed by atoms with Crippen molar-refractivity contribution in [2.24, 2.45) is 10.7 Å². The number of amidine groups is 1. The Morgan fingerprint density at radius 1 is 0.941 bits per heavy atom. The second-order valence-electron chi connectivity index (χ2n) is 8.47. The third-order valence-electron chi connectivity index (χ3n) is 6.12. The Labute approximate surface area is 203 Å². The molecule has 3 nitrogen and oxygen atoms in total. The first kappa shape index (κ1) is 23.1. The van der Waals surface area contributed by atoms with Gasteiger partial charge < -0.3 is 10.3 Å². The van der Waals surface area contributed by atoms with Crippen LogP contribution in [0.2, 0.25) is 0 Å². The summed E-state index contributed by atoms with van der Waals surface area (Å²) in [5, 5.41) is 0. The van der Waals surface area contributed by atoms with Crippen molar-refractivity contribution in [2.45, 2.75) is 33.2 Å². The highest BCUT2D eigenvalue weighted by atomic mass is 15.0. The van der Waals surface area contributed by atoms with E-state index in [1.54, 1.807) is 0 Å². The quantitative estimate of drug-likeness (QED) is 0.140. The number of terminal acetylenes is 1. The van der Waals surface area contributed by atoms with Gasteiger partial charge in [-0.15, -0.1) is 6.42 Å². The first-order chi connectivity index (χ1) is 16.6. The van der Waals surface area contributed by atoms with Crippen molar-refractivity contribution in [3.63, 3.8) is 0 Å². The van der Waals surface area contributed by atoms with Gasteiger partial charge in [0.2, 0.25) is 0 Å². The predicted octanol–water partition coefficient (Wildman–Crippen LogP) is 6.67. The van der Waals surface area contributed by atoms with Crippen LogP contribution in [0.15, 0.2) is 89.9 Å². The van der Waals surface area contributed by atoms with Crippen molar-refractivity contribution < 1.29 is 0 Å². The van der Waals surface area contributed by atoms with Crippen LogP contribution in [-0.2, 0) is 6.54 Å². The maximum atomic E-state index is 6.68. The van der Waals surface area contributed by atoms with Crippen LogP contribution in [0.4, 0.5) is 0 Å². The number of nitrogens with two attached hydrogens (primary N) is 1. The van der Waals surface area contributed by atoms with Crippen molar-refractivity contribution in [1.29, 1.82) is 0 Å². The predicted molar refractivity (Wildman–Crippen MR) is 144 cm³/mol. The van der Waals surface area contributed by atoms with Crippen LogP contribution in [0.25, 0.3) is 22.4 Å². The van der Waals surface area contributed by atoms with Crippen molar-refractivity contribution in [3.05, 3.63) is 107 Å². The first-order valence-corrected chi connectivity index (χ1v) is 11.8. The summed E-state index contributed by atoms with van der Waals surface area (Å²) >= 11 is 0. The fourth-order valence-corrected chi connectivity index (χ4v) is 4.41. The van der Waals surface area contributed by atoms with Gasteiger partial charge >= 0.3 is 0 Å². The third kappa shape index (κ3) is 4.82. The van der Waals surface area contributed by atoms with Gasteiger partial charge in [0, 0.05) is 35.5 Å². The van der Waals surface area contributed by atoms with Gasteiger partial charge in [-0.2, -0.15) is 0 Å². The number of benzene rings is 3. The lowest BCUT2D eigenvalue weighted by molar-refractivity contribution is 0.782. The lowest BCUT2D eigenvalue weighted by Crippen LogP contribution is -2.16. The highest BCUT2D eigenvalue weighted by Crippen LogP contribution is 2.39. The number of nitrogens with zero attached hydrogens (tertiary/aromatic N) is 2. The standard InChI is InChI=1S/C31H31N3/c1-4-6-20-33-31(32)28-23(3)34(22-25-15-13-14-24(5-2)21-25)30(27-18-11-8-12-19-27)29(28)26-16-9-7-10-17-26/h2,7-19,21H,4,6,20,22H2,1,3H3,(H2,32,33). The van der Waals surface area contributed by atoms with E-state index in [1.807, 2.05) is 24.3 Å². The molecule has 3 heteroatoms. The van der Waals surface area contributed by atoms with Gasteiger partial charge in [0.15, 0.2) is 0 Å². The normalized spacial score (nSPS) is 11.4. The lowest BCUT2D eigenvalue weighted by atomic mass is 9.96. The second kappa shape index (κ2) is 10.7. The zero-order valence-corrected chi connectivity index (χ0v) is 20.0. The highest BCUT2D eigenvalue weighted by Gasteiger charge is 2.25. The molecule has 4 aromatic rings. The molecular formula is C31H31N3. The molecule has 0 aliphatic rings. The fourth-order valence-electron chi connectivity index (χ4n) is 4.41. The molecule has 0 saturated carbocycles. The average molecular weight is 446 g/mol. The molecule has 0 atom stereocenters. The minimum atomic E-state index is 0.595. The maximum absolute atomic E-state index is 6.68. The summed E-state index contributed by atoms with van der Waals surface area (Å²) in [5.74, 6) is 3.35. The van der Waals surface area contributed by atoms with Gasteiger partial charge in [0.25, 0.3) is 0 Å². The summed E-state index contributed by atoms with van der Waals surface area (Å²) in [5.41, 5.74) is 15.4. The molecule has 1 heterocycles. The van der Waals surface area contributed by atoms with Gasteiger partial charge in [0.1, 0.15) is 5.84 Å². The minimum absolute atomic E-state index is 0.595. The Morgan fingerprint density at radius 3 is 2.26 bits per heavy atom. The Morgan fingerprint density at radius 2 is 1.62 bits per heavy atom. The highest BCUT2D eigenvalue weighted by molar-refractivity contribution is 6.08. The maximum Gasteiger partial charge on any atom is 0.128 e. The number of hydrogen-bond acceptors (Lipinski definition) is 1. The lowest BCUT2D eigenvalue weighted by Gasteiger charge is -2.14. The smallest absolute Gasteiger partial charge is 0.128 e. The topological polar surface area (TPSA) is 43.3 Å². The molecule has 0 aliphatic carbocycles. The molecule has 0 saturated heterocycles. The molecule has 2 N–H and O–H groups in total. The fraction of sp³-hybridized carbons (Fsp3) is 0.194. The van der Waals surface area contributed by atoms with Gasteiger partial charge in [0.05, 0.1) is 5.69 Å².